The second-order valence-electron chi connectivity index (χ2n) is 4.66. The van der Waals surface area contributed by atoms with Crippen molar-refractivity contribution in [2.24, 2.45) is 0 Å². The maximum atomic E-state index is 11.4. The molecular formula is C17H29NO6. The largest absolute Gasteiger partial charge is 0.379 e. The van der Waals surface area contributed by atoms with Gasteiger partial charge in [-0.2, -0.15) is 0 Å². The molecule has 0 aromatic carbocycles. The van der Waals surface area contributed by atoms with E-state index in [0.29, 0.717) is 52.7 Å². The van der Waals surface area contributed by atoms with Crippen LogP contribution in [0, 0.1) is 0 Å². The van der Waals surface area contributed by atoms with Gasteiger partial charge in [-0.05, 0) is 19.4 Å². The molecule has 7 nitrogen and oxygen atoms in total. The highest BCUT2D eigenvalue weighted by Gasteiger charge is 2.07. The molecular weight excluding hydrogens is 314 g/mol. The maximum Gasteiger partial charge on any atom is 0.252 e. The maximum absolute atomic E-state index is 11.4. The number of ether oxygens (including phenoxy) is 4. The Morgan fingerprint density at radius 1 is 0.917 bits per heavy atom. The van der Waals surface area contributed by atoms with Gasteiger partial charge in [-0.1, -0.05) is 12.2 Å². The van der Waals surface area contributed by atoms with Gasteiger partial charge in [-0.15, -0.1) is 6.58 Å². The Morgan fingerprint density at radius 2 is 1.42 bits per heavy atom. The summed E-state index contributed by atoms with van der Waals surface area (Å²) < 4.78 is 21.3. The van der Waals surface area contributed by atoms with Crippen molar-refractivity contribution < 1.29 is 28.5 Å². The summed E-state index contributed by atoms with van der Waals surface area (Å²) >= 11 is 0. The second-order valence-corrected chi connectivity index (χ2v) is 4.66. The number of allylic oxidation sites excluding steroid dienone is 1. The summed E-state index contributed by atoms with van der Waals surface area (Å²) in [7, 11) is 0. The summed E-state index contributed by atoms with van der Waals surface area (Å²) in [5.41, 5.74) is 0. The van der Waals surface area contributed by atoms with E-state index in [-0.39, 0.29) is 19.1 Å². The number of amides is 2. The number of carbonyl (C=O) groups is 2. The van der Waals surface area contributed by atoms with Gasteiger partial charge < -0.3 is 18.9 Å². The molecule has 0 rings (SSSR count). The average Bonchev–Trinajstić information content (AvgIpc) is 2.58. The molecule has 2 amide bonds. The van der Waals surface area contributed by atoms with Gasteiger partial charge in [0.2, 0.25) is 6.41 Å². The Bertz CT molecular complexity index is 359. The molecule has 0 spiro atoms. The molecule has 0 fully saturated rings. The summed E-state index contributed by atoms with van der Waals surface area (Å²) in [6, 6.07) is 0. The summed E-state index contributed by atoms with van der Waals surface area (Å²) in [5, 5.41) is 0. The lowest BCUT2D eigenvalue weighted by Crippen LogP contribution is -2.31. The Morgan fingerprint density at radius 3 is 1.88 bits per heavy atom. The van der Waals surface area contributed by atoms with E-state index in [4.69, 9.17) is 18.9 Å². The molecule has 0 N–H and O–H groups in total. The number of hydrogen-bond acceptors (Lipinski definition) is 6. The van der Waals surface area contributed by atoms with E-state index in [0.717, 1.165) is 11.3 Å². The van der Waals surface area contributed by atoms with Crippen LogP contribution in [0.25, 0.3) is 0 Å². The van der Waals surface area contributed by atoms with Crippen molar-refractivity contribution in [2.45, 2.75) is 13.3 Å². The van der Waals surface area contributed by atoms with Gasteiger partial charge in [-0.3, -0.25) is 14.5 Å². The van der Waals surface area contributed by atoms with Gasteiger partial charge in [-0.25, -0.2) is 0 Å². The predicted molar refractivity (Wildman–Crippen MR) is 90.7 cm³/mol. The first kappa shape index (κ1) is 22.5. The van der Waals surface area contributed by atoms with Gasteiger partial charge >= 0.3 is 0 Å². The third-order valence-electron chi connectivity index (χ3n) is 2.78. The van der Waals surface area contributed by atoms with Gasteiger partial charge in [0.15, 0.2) is 0 Å². The van der Waals surface area contributed by atoms with Crippen LogP contribution in [0.15, 0.2) is 24.8 Å². The number of rotatable bonds is 17. The van der Waals surface area contributed by atoms with E-state index in [1.54, 1.807) is 13.0 Å². The van der Waals surface area contributed by atoms with E-state index < -0.39 is 0 Å². The monoisotopic (exact) mass is 343 g/mol. The fourth-order valence-corrected chi connectivity index (χ4v) is 1.54. The highest BCUT2D eigenvalue weighted by molar-refractivity contribution is 5.94. The topological polar surface area (TPSA) is 74.3 Å². The lowest BCUT2D eigenvalue weighted by atomic mass is 10.4. The first-order chi connectivity index (χ1) is 11.8. The standard InChI is InChI=1S/C17H29NO6/c1-3-5-8-21-10-12-23-14-15-24-13-11-22-9-7-18(16-19)17(20)6-4-2/h3-4,6,16H,1,5,7-15H2,2H3/b6-4-. The first-order valence-electron chi connectivity index (χ1n) is 8.06. The van der Waals surface area contributed by atoms with Crippen molar-refractivity contribution in [1.29, 1.82) is 0 Å². The minimum atomic E-state index is -0.349. The van der Waals surface area contributed by atoms with Crippen molar-refractivity contribution in [1.82, 2.24) is 4.90 Å². The van der Waals surface area contributed by atoms with E-state index >= 15 is 0 Å². The molecule has 0 heterocycles. The molecule has 0 aliphatic carbocycles. The fourth-order valence-electron chi connectivity index (χ4n) is 1.54. The minimum absolute atomic E-state index is 0.224. The van der Waals surface area contributed by atoms with E-state index in [2.05, 4.69) is 6.58 Å². The first-order valence-corrected chi connectivity index (χ1v) is 8.06. The van der Waals surface area contributed by atoms with Gasteiger partial charge in [0.25, 0.3) is 5.91 Å². The van der Waals surface area contributed by atoms with Crippen LogP contribution < -0.4 is 0 Å². The van der Waals surface area contributed by atoms with Crippen molar-refractivity contribution in [3.8, 4) is 0 Å². The van der Waals surface area contributed by atoms with Crippen LogP contribution in [0.3, 0.4) is 0 Å². The average molecular weight is 343 g/mol. The zero-order chi connectivity index (χ0) is 17.9. The van der Waals surface area contributed by atoms with Gasteiger partial charge in [0.05, 0.1) is 59.4 Å². The van der Waals surface area contributed by atoms with Crippen LogP contribution in [-0.4, -0.2) is 76.6 Å². The molecule has 0 aromatic rings. The normalized spacial score (nSPS) is 10.9. The number of hydrogen-bond donors (Lipinski definition) is 0. The van der Waals surface area contributed by atoms with Crippen LogP contribution >= 0.6 is 0 Å². The fraction of sp³-hybridized carbons (Fsp3) is 0.647. The zero-order valence-corrected chi connectivity index (χ0v) is 14.5. The third kappa shape index (κ3) is 14.1. The molecule has 0 aliphatic rings. The number of carbonyl (C=O) groups excluding carboxylic acids is 2. The van der Waals surface area contributed by atoms with Crippen molar-refractivity contribution >= 4 is 12.3 Å². The molecule has 24 heavy (non-hydrogen) atoms. The highest BCUT2D eigenvalue weighted by atomic mass is 16.6. The molecule has 0 atom stereocenters. The molecule has 0 radical (unpaired) electrons. The lowest BCUT2D eigenvalue weighted by molar-refractivity contribution is -0.135. The van der Waals surface area contributed by atoms with Crippen molar-refractivity contribution in [2.75, 3.05) is 59.4 Å². The zero-order valence-electron chi connectivity index (χ0n) is 14.5. The summed E-state index contributed by atoms with van der Waals surface area (Å²) in [6.07, 6.45) is 6.08. The van der Waals surface area contributed by atoms with E-state index in [9.17, 15) is 9.59 Å². The molecule has 0 bridgehead atoms. The summed E-state index contributed by atoms with van der Waals surface area (Å²) in [6.45, 7) is 9.42. The Balaban J connectivity index is 3.31. The second kappa shape index (κ2) is 17.8. The van der Waals surface area contributed by atoms with Crippen LogP contribution in [0.4, 0.5) is 0 Å². The molecule has 0 unspecified atom stereocenters. The quantitative estimate of drug-likeness (QED) is 0.171. The number of imide groups is 1. The molecule has 0 saturated heterocycles. The Kier molecular flexibility index (Phi) is 16.7. The molecule has 0 saturated carbocycles. The highest BCUT2D eigenvalue weighted by Crippen LogP contribution is 1.89. The van der Waals surface area contributed by atoms with Crippen molar-refractivity contribution in [3.63, 3.8) is 0 Å². The van der Waals surface area contributed by atoms with Gasteiger partial charge in [0, 0.05) is 0 Å². The van der Waals surface area contributed by atoms with Crippen LogP contribution in [0.1, 0.15) is 13.3 Å². The summed E-state index contributed by atoms with van der Waals surface area (Å²) in [4.78, 5) is 23.3. The van der Waals surface area contributed by atoms with E-state index in [1.165, 1.54) is 6.08 Å². The summed E-state index contributed by atoms with van der Waals surface area (Å²) in [5.74, 6) is -0.349. The molecule has 138 valence electrons. The molecule has 0 aliphatic heterocycles. The van der Waals surface area contributed by atoms with Crippen LogP contribution in [-0.2, 0) is 28.5 Å². The molecule has 0 aromatic heterocycles. The lowest BCUT2D eigenvalue weighted by Gasteiger charge is -2.13. The molecule has 7 heteroatoms. The van der Waals surface area contributed by atoms with Crippen LogP contribution in [0.2, 0.25) is 0 Å². The van der Waals surface area contributed by atoms with Gasteiger partial charge in [0.1, 0.15) is 0 Å². The predicted octanol–water partition coefficient (Wildman–Crippen LogP) is 1.19. The third-order valence-corrected chi connectivity index (χ3v) is 2.78. The number of nitrogens with zero attached hydrogens (tertiary/aromatic N) is 1. The Hall–Kier alpha value is -1.54. The van der Waals surface area contributed by atoms with Crippen LogP contribution in [0.5, 0.6) is 0 Å². The van der Waals surface area contributed by atoms with Crippen molar-refractivity contribution in [3.05, 3.63) is 24.8 Å². The Labute approximate surface area is 144 Å². The SMILES string of the molecule is C=CCCOCCOCCOCCOCCN(C=O)C(=O)/C=C\C. The minimum Gasteiger partial charge on any atom is -0.379 e. The smallest absolute Gasteiger partial charge is 0.252 e. The van der Waals surface area contributed by atoms with E-state index in [1.807, 2.05) is 6.08 Å².